The van der Waals surface area contributed by atoms with Crippen molar-refractivity contribution in [3.63, 3.8) is 0 Å². The van der Waals surface area contributed by atoms with Gasteiger partial charge in [-0.25, -0.2) is 0 Å². The summed E-state index contributed by atoms with van der Waals surface area (Å²) >= 11 is 0. The average molecular weight is 409 g/mol. The number of anilines is 2. The van der Waals surface area contributed by atoms with E-state index in [9.17, 15) is 5.11 Å². The number of methoxy groups -OCH3 is 3. The molecular weight excluding hydrogens is 382 g/mol. The molecule has 2 N–H and O–H groups in total. The van der Waals surface area contributed by atoms with E-state index in [0.29, 0.717) is 17.2 Å². The Morgan fingerprint density at radius 2 is 1.70 bits per heavy atom. The number of benzene rings is 2. The van der Waals surface area contributed by atoms with Crippen LogP contribution in [0.1, 0.15) is 12.8 Å². The molecule has 3 aromatic rings. The second-order valence-electron chi connectivity index (χ2n) is 7.32. The minimum Gasteiger partial charge on any atom is -0.506 e. The number of aromatic nitrogens is 1. The molecule has 30 heavy (non-hydrogen) atoms. The Bertz CT molecular complexity index is 1010. The van der Waals surface area contributed by atoms with E-state index in [0.717, 1.165) is 48.2 Å². The first-order valence-corrected chi connectivity index (χ1v) is 10.0. The lowest BCUT2D eigenvalue weighted by atomic mass is 10.0. The highest BCUT2D eigenvalue weighted by atomic mass is 16.5. The molecule has 0 spiro atoms. The van der Waals surface area contributed by atoms with Gasteiger partial charge in [0.25, 0.3) is 0 Å². The summed E-state index contributed by atoms with van der Waals surface area (Å²) < 4.78 is 16.4. The van der Waals surface area contributed by atoms with Crippen LogP contribution < -0.4 is 24.4 Å². The maximum absolute atomic E-state index is 10.5. The Balaban J connectivity index is 1.52. The third-order valence-electron chi connectivity index (χ3n) is 5.60. The Labute approximate surface area is 176 Å². The van der Waals surface area contributed by atoms with Gasteiger partial charge in [-0.05, 0) is 31.0 Å². The van der Waals surface area contributed by atoms with Gasteiger partial charge in [-0.15, -0.1) is 0 Å². The topological polar surface area (TPSA) is 76.1 Å². The van der Waals surface area contributed by atoms with Gasteiger partial charge in [0.05, 0.1) is 26.8 Å². The van der Waals surface area contributed by atoms with Gasteiger partial charge in [0.15, 0.2) is 0 Å². The van der Waals surface area contributed by atoms with Crippen LogP contribution in [-0.4, -0.2) is 50.6 Å². The molecule has 2 aromatic carbocycles. The van der Waals surface area contributed by atoms with E-state index in [1.165, 1.54) is 0 Å². The minimum absolute atomic E-state index is 0.252. The zero-order valence-electron chi connectivity index (χ0n) is 17.5. The molecule has 2 heterocycles. The van der Waals surface area contributed by atoms with Crippen molar-refractivity contribution < 1.29 is 19.3 Å². The summed E-state index contributed by atoms with van der Waals surface area (Å²) in [5.41, 5.74) is 2.47. The Morgan fingerprint density at radius 3 is 2.33 bits per heavy atom. The monoisotopic (exact) mass is 409 g/mol. The number of rotatable bonds is 6. The molecule has 1 aliphatic rings. The van der Waals surface area contributed by atoms with Crippen LogP contribution in [0.2, 0.25) is 0 Å². The van der Waals surface area contributed by atoms with Crippen molar-refractivity contribution >= 4 is 22.3 Å². The molecule has 1 aromatic heterocycles. The van der Waals surface area contributed by atoms with E-state index in [2.05, 4.69) is 15.2 Å². The lowest BCUT2D eigenvalue weighted by Crippen LogP contribution is -2.39. The van der Waals surface area contributed by atoms with Crippen LogP contribution in [-0.2, 0) is 0 Å². The van der Waals surface area contributed by atoms with E-state index >= 15 is 0 Å². The predicted molar refractivity (Wildman–Crippen MR) is 118 cm³/mol. The van der Waals surface area contributed by atoms with Crippen LogP contribution in [0.15, 0.2) is 42.6 Å². The Hall–Kier alpha value is -3.35. The standard InChI is InChI=1S/C23H27N3O4/c1-28-17-13-19(29-2)22(20(14-17)30-3)25-16-8-11-26(12-9-16)23-18(27)7-6-15-5-4-10-24-21(15)23/h4-7,10,13-14,16,25,27H,8-9,11-12H2,1-3H3. The first-order chi connectivity index (χ1) is 14.6. The highest BCUT2D eigenvalue weighted by molar-refractivity contribution is 5.94. The fourth-order valence-corrected chi connectivity index (χ4v) is 4.03. The third-order valence-corrected chi connectivity index (χ3v) is 5.60. The van der Waals surface area contributed by atoms with Gasteiger partial charge in [-0.3, -0.25) is 4.98 Å². The van der Waals surface area contributed by atoms with Gasteiger partial charge in [0.2, 0.25) is 0 Å². The van der Waals surface area contributed by atoms with Crippen LogP contribution in [0.25, 0.3) is 10.9 Å². The summed E-state index contributed by atoms with van der Waals surface area (Å²) in [6.07, 6.45) is 3.57. The van der Waals surface area contributed by atoms with E-state index in [1.54, 1.807) is 33.6 Å². The van der Waals surface area contributed by atoms with Crippen molar-refractivity contribution in [3.05, 3.63) is 42.6 Å². The molecule has 0 atom stereocenters. The van der Waals surface area contributed by atoms with Crippen molar-refractivity contribution in [3.8, 4) is 23.0 Å². The molecule has 1 fully saturated rings. The van der Waals surface area contributed by atoms with Crippen LogP contribution in [0.4, 0.5) is 11.4 Å². The quantitative estimate of drug-likeness (QED) is 0.636. The van der Waals surface area contributed by atoms with E-state index in [1.807, 2.05) is 30.3 Å². The van der Waals surface area contributed by atoms with E-state index < -0.39 is 0 Å². The number of hydrogen-bond acceptors (Lipinski definition) is 7. The number of ether oxygens (including phenoxy) is 3. The highest BCUT2D eigenvalue weighted by Crippen LogP contribution is 2.41. The first-order valence-electron chi connectivity index (χ1n) is 10.0. The summed E-state index contributed by atoms with van der Waals surface area (Å²) in [5.74, 6) is 2.32. The number of nitrogens with one attached hydrogen (secondary N) is 1. The van der Waals surface area contributed by atoms with Gasteiger partial charge >= 0.3 is 0 Å². The highest BCUT2D eigenvalue weighted by Gasteiger charge is 2.25. The average Bonchev–Trinajstić information content (AvgIpc) is 2.79. The van der Waals surface area contributed by atoms with Crippen molar-refractivity contribution in [1.82, 2.24) is 4.98 Å². The Kier molecular flexibility index (Phi) is 5.70. The van der Waals surface area contributed by atoms with Gasteiger partial charge in [0.1, 0.15) is 34.4 Å². The minimum atomic E-state index is 0.252. The van der Waals surface area contributed by atoms with E-state index in [-0.39, 0.29) is 11.8 Å². The van der Waals surface area contributed by atoms with Gasteiger partial charge in [0, 0.05) is 42.8 Å². The first kappa shape index (κ1) is 19.9. The SMILES string of the molecule is COc1cc(OC)c(NC2CCN(c3c(O)ccc4cccnc34)CC2)c(OC)c1. The maximum Gasteiger partial charge on any atom is 0.149 e. The molecule has 0 radical (unpaired) electrons. The predicted octanol–water partition coefficient (Wildman–Crippen LogP) is 4.05. The molecule has 0 bridgehead atoms. The molecule has 4 rings (SSSR count). The fraction of sp³-hybridized carbons (Fsp3) is 0.348. The van der Waals surface area contributed by atoms with Crippen molar-refractivity contribution in [1.29, 1.82) is 0 Å². The molecular formula is C23H27N3O4. The van der Waals surface area contributed by atoms with Gasteiger partial charge in [-0.2, -0.15) is 0 Å². The van der Waals surface area contributed by atoms with Crippen LogP contribution in [0, 0.1) is 0 Å². The number of piperidine rings is 1. The normalized spacial score (nSPS) is 14.6. The summed E-state index contributed by atoms with van der Waals surface area (Å²) in [6.45, 7) is 1.61. The molecule has 0 amide bonds. The van der Waals surface area contributed by atoms with E-state index in [4.69, 9.17) is 14.2 Å². The number of phenolic OH excluding ortho intramolecular Hbond substituents is 1. The summed E-state index contributed by atoms with van der Waals surface area (Å²) in [7, 11) is 4.89. The summed E-state index contributed by atoms with van der Waals surface area (Å²) in [5, 5.41) is 15.1. The largest absolute Gasteiger partial charge is 0.506 e. The molecule has 7 heteroatoms. The second-order valence-corrected chi connectivity index (χ2v) is 7.32. The van der Waals surface area contributed by atoms with Crippen LogP contribution in [0.5, 0.6) is 23.0 Å². The molecule has 0 saturated carbocycles. The van der Waals surface area contributed by atoms with Crippen molar-refractivity contribution in [2.24, 2.45) is 0 Å². The molecule has 0 aliphatic carbocycles. The van der Waals surface area contributed by atoms with Gasteiger partial charge in [-0.1, -0.05) is 6.07 Å². The smallest absolute Gasteiger partial charge is 0.149 e. The molecule has 1 saturated heterocycles. The number of hydrogen-bond donors (Lipinski definition) is 2. The molecule has 0 unspecified atom stereocenters. The number of phenols is 1. The number of fused-ring (bicyclic) bond motifs is 1. The number of pyridine rings is 1. The zero-order valence-corrected chi connectivity index (χ0v) is 17.5. The zero-order chi connectivity index (χ0) is 21.1. The van der Waals surface area contributed by atoms with Crippen LogP contribution in [0.3, 0.4) is 0 Å². The lowest BCUT2D eigenvalue weighted by Gasteiger charge is -2.35. The second kappa shape index (κ2) is 8.57. The lowest BCUT2D eigenvalue weighted by molar-refractivity contribution is 0.376. The van der Waals surface area contributed by atoms with Crippen LogP contribution >= 0.6 is 0 Å². The number of nitrogens with zero attached hydrogens (tertiary/aromatic N) is 2. The maximum atomic E-state index is 10.5. The summed E-state index contributed by atoms with van der Waals surface area (Å²) in [4.78, 5) is 6.72. The third kappa shape index (κ3) is 3.75. The Morgan fingerprint density at radius 1 is 1.00 bits per heavy atom. The van der Waals surface area contributed by atoms with Crippen molar-refractivity contribution in [2.45, 2.75) is 18.9 Å². The number of aromatic hydroxyl groups is 1. The molecule has 7 nitrogen and oxygen atoms in total. The van der Waals surface area contributed by atoms with Gasteiger partial charge < -0.3 is 29.5 Å². The van der Waals surface area contributed by atoms with Crippen molar-refractivity contribution in [2.75, 3.05) is 44.6 Å². The summed E-state index contributed by atoms with van der Waals surface area (Å²) in [6, 6.07) is 11.5. The molecule has 158 valence electrons. The fourth-order valence-electron chi connectivity index (χ4n) is 4.03. The molecule has 1 aliphatic heterocycles.